The molecule has 1 N–H and O–H groups in total. The Kier molecular flexibility index (Phi) is 5.40. The van der Waals surface area contributed by atoms with E-state index in [-0.39, 0.29) is 18.1 Å². The van der Waals surface area contributed by atoms with Gasteiger partial charge in [0.15, 0.2) is 11.7 Å². The molecule has 0 radical (unpaired) electrons. The van der Waals surface area contributed by atoms with Crippen LogP contribution in [0.5, 0.6) is 0 Å². The van der Waals surface area contributed by atoms with Crippen molar-refractivity contribution in [2.45, 2.75) is 19.4 Å². The fraction of sp³-hybridized carbons (Fsp3) is 0.150. The van der Waals surface area contributed by atoms with E-state index in [4.69, 9.17) is 9.68 Å². The van der Waals surface area contributed by atoms with E-state index in [0.717, 1.165) is 5.56 Å². The monoisotopic (exact) mass is 349 g/mol. The van der Waals surface area contributed by atoms with Gasteiger partial charge < -0.3 is 9.73 Å². The fourth-order valence-electron chi connectivity index (χ4n) is 2.47. The number of oxazole rings is 1. The third-order valence-corrected chi connectivity index (χ3v) is 3.80. The van der Waals surface area contributed by atoms with Gasteiger partial charge >= 0.3 is 0 Å². The summed E-state index contributed by atoms with van der Waals surface area (Å²) in [5.74, 6) is 0.183. The van der Waals surface area contributed by atoms with Crippen LogP contribution in [0.2, 0.25) is 0 Å². The highest BCUT2D eigenvalue weighted by Crippen LogP contribution is 2.23. The Labute approximate surface area is 150 Å². The SMILES string of the molecule is N#Cc1cccc(CNC(=O)CCc2ncc(-c3ccccc3F)o2)c1. The number of aromatic nitrogens is 1. The second kappa shape index (κ2) is 8.08. The first-order chi connectivity index (χ1) is 12.7. The van der Waals surface area contributed by atoms with E-state index < -0.39 is 0 Å². The predicted octanol–water partition coefficient (Wildman–Crippen LogP) is 3.60. The number of hydrogen-bond donors (Lipinski definition) is 1. The Balaban J connectivity index is 1.52. The summed E-state index contributed by atoms with van der Waals surface area (Å²) in [5, 5.41) is 11.7. The molecule has 130 valence electrons. The van der Waals surface area contributed by atoms with Crippen molar-refractivity contribution in [1.29, 1.82) is 5.26 Å². The van der Waals surface area contributed by atoms with Crippen molar-refractivity contribution < 1.29 is 13.6 Å². The van der Waals surface area contributed by atoms with E-state index >= 15 is 0 Å². The summed E-state index contributed by atoms with van der Waals surface area (Å²) in [4.78, 5) is 16.1. The molecule has 6 heteroatoms. The molecule has 0 aliphatic rings. The second-order valence-electron chi connectivity index (χ2n) is 5.69. The fourth-order valence-corrected chi connectivity index (χ4v) is 2.47. The van der Waals surface area contributed by atoms with Crippen LogP contribution in [-0.2, 0) is 17.8 Å². The Bertz CT molecular complexity index is 959. The van der Waals surface area contributed by atoms with Crippen molar-refractivity contribution in [3.63, 3.8) is 0 Å². The molecule has 1 heterocycles. The second-order valence-corrected chi connectivity index (χ2v) is 5.69. The van der Waals surface area contributed by atoms with Gasteiger partial charge in [-0.3, -0.25) is 4.79 Å². The molecule has 0 aliphatic heterocycles. The van der Waals surface area contributed by atoms with Gasteiger partial charge in [-0.1, -0.05) is 24.3 Å². The number of carbonyl (C=O) groups excluding carboxylic acids is 1. The molecule has 0 aliphatic carbocycles. The lowest BCUT2D eigenvalue weighted by molar-refractivity contribution is -0.121. The smallest absolute Gasteiger partial charge is 0.220 e. The molecule has 26 heavy (non-hydrogen) atoms. The summed E-state index contributed by atoms with van der Waals surface area (Å²) in [6, 6.07) is 15.4. The standard InChI is InChI=1S/C20H16FN3O2/c21-17-7-2-1-6-16(17)18-13-24-20(26-18)9-8-19(25)23-12-15-5-3-4-14(10-15)11-22/h1-7,10,13H,8-9,12H2,(H,23,25). The van der Waals surface area contributed by atoms with Crippen LogP contribution in [0, 0.1) is 17.1 Å². The first-order valence-electron chi connectivity index (χ1n) is 8.11. The molecule has 0 spiro atoms. The van der Waals surface area contributed by atoms with Crippen molar-refractivity contribution in [1.82, 2.24) is 10.3 Å². The molecule has 1 amide bonds. The summed E-state index contributed by atoms with van der Waals surface area (Å²) in [5.41, 5.74) is 1.75. The highest BCUT2D eigenvalue weighted by Gasteiger charge is 2.11. The molecule has 3 rings (SSSR count). The minimum absolute atomic E-state index is 0.155. The van der Waals surface area contributed by atoms with Gasteiger partial charge in [0.25, 0.3) is 0 Å². The van der Waals surface area contributed by atoms with Gasteiger partial charge in [0.2, 0.25) is 5.91 Å². The van der Waals surface area contributed by atoms with Crippen LogP contribution in [0.4, 0.5) is 4.39 Å². The Morgan fingerprint density at radius 2 is 2.08 bits per heavy atom. The zero-order chi connectivity index (χ0) is 18.4. The quantitative estimate of drug-likeness (QED) is 0.737. The number of aryl methyl sites for hydroxylation is 1. The van der Waals surface area contributed by atoms with Gasteiger partial charge in [0.05, 0.1) is 23.4 Å². The molecule has 0 bridgehead atoms. The van der Waals surface area contributed by atoms with Crippen molar-refractivity contribution in [2.24, 2.45) is 0 Å². The normalized spacial score (nSPS) is 10.3. The molecule has 3 aromatic rings. The summed E-state index contributed by atoms with van der Waals surface area (Å²) in [7, 11) is 0. The van der Waals surface area contributed by atoms with Gasteiger partial charge in [-0.2, -0.15) is 5.26 Å². The first kappa shape index (κ1) is 17.4. The average Bonchev–Trinajstić information content (AvgIpc) is 3.14. The van der Waals surface area contributed by atoms with Gasteiger partial charge in [-0.05, 0) is 29.8 Å². The van der Waals surface area contributed by atoms with E-state index in [2.05, 4.69) is 16.4 Å². The number of halogens is 1. The largest absolute Gasteiger partial charge is 0.441 e. The maximum atomic E-state index is 13.7. The number of nitriles is 1. The van der Waals surface area contributed by atoms with Crippen LogP contribution < -0.4 is 5.32 Å². The summed E-state index contributed by atoms with van der Waals surface area (Å²) < 4.78 is 19.3. The zero-order valence-electron chi connectivity index (χ0n) is 13.9. The number of hydrogen-bond acceptors (Lipinski definition) is 4. The van der Waals surface area contributed by atoms with E-state index in [9.17, 15) is 9.18 Å². The molecule has 1 aromatic heterocycles. The van der Waals surface area contributed by atoms with Gasteiger partial charge in [-0.15, -0.1) is 0 Å². The molecular formula is C20H16FN3O2. The molecule has 0 fully saturated rings. The molecule has 0 saturated carbocycles. The zero-order valence-corrected chi connectivity index (χ0v) is 13.9. The average molecular weight is 349 g/mol. The van der Waals surface area contributed by atoms with Crippen molar-refractivity contribution in [3.05, 3.63) is 77.6 Å². The number of amides is 1. The molecule has 0 saturated heterocycles. The van der Waals surface area contributed by atoms with Gasteiger partial charge in [0, 0.05) is 19.4 Å². The number of nitrogens with zero attached hydrogens (tertiary/aromatic N) is 2. The molecule has 5 nitrogen and oxygen atoms in total. The topological polar surface area (TPSA) is 78.9 Å². The molecule has 0 unspecified atom stereocenters. The van der Waals surface area contributed by atoms with Crippen LogP contribution in [0.25, 0.3) is 11.3 Å². The Morgan fingerprint density at radius 1 is 1.23 bits per heavy atom. The maximum Gasteiger partial charge on any atom is 0.220 e. The highest BCUT2D eigenvalue weighted by atomic mass is 19.1. The minimum atomic E-state index is -0.382. The van der Waals surface area contributed by atoms with Crippen molar-refractivity contribution in [3.8, 4) is 17.4 Å². The summed E-state index contributed by atoms with van der Waals surface area (Å²) in [6.07, 6.45) is 1.98. The van der Waals surface area contributed by atoms with E-state index in [1.54, 1.807) is 36.4 Å². The summed E-state index contributed by atoms with van der Waals surface area (Å²) >= 11 is 0. The van der Waals surface area contributed by atoms with Crippen LogP contribution in [-0.4, -0.2) is 10.9 Å². The Morgan fingerprint density at radius 3 is 2.88 bits per heavy atom. The Hall–Kier alpha value is -3.46. The number of nitrogens with one attached hydrogen (secondary N) is 1. The number of benzene rings is 2. The third-order valence-electron chi connectivity index (χ3n) is 3.80. The summed E-state index contributed by atoms with van der Waals surface area (Å²) in [6.45, 7) is 0.348. The van der Waals surface area contributed by atoms with Crippen LogP contribution in [0.3, 0.4) is 0 Å². The van der Waals surface area contributed by atoms with Crippen molar-refractivity contribution in [2.75, 3.05) is 0 Å². The minimum Gasteiger partial charge on any atom is -0.441 e. The van der Waals surface area contributed by atoms with Crippen molar-refractivity contribution >= 4 is 5.91 Å². The lowest BCUT2D eigenvalue weighted by Crippen LogP contribution is -2.23. The van der Waals surface area contributed by atoms with Crippen LogP contribution in [0.15, 0.2) is 59.1 Å². The maximum absolute atomic E-state index is 13.7. The third kappa shape index (κ3) is 4.33. The van der Waals surface area contributed by atoms with E-state index in [0.29, 0.717) is 35.7 Å². The lowest BCUT2D eigenvalue weighted by Gasteiger charge is -2.05. The van der Waals surface area contributed by atoms with E-state index in [1.807, 2.05) is 6.07 Å². The predicted molar refractivity (Wildman–Crippen MR) is 93.2 cm³/mol. The number of rotatable bonds is 6. The molecular weight excluding hydrogens is 333 g/mol. The van der Waals surface area contributed by atoms with Gasteiger partial charge in [0.1, 0.15) is 5.82 Å². The van der Waals surface area contributed by atoms with Gasteiger partial charge in [-0.25, -0.2) is 9.37 Å². The first-order valence-corrected chi connectivity index (χ1v) is 8.11. The van der Waals surface area contributed by atoms with Crippen LogP contribution in [0.1, 0.15) is 23.4 Å². The molecule has 0 atom stereocenters. The lowest BCUT2D eigenvalue weighted by atomic mass is 10.1. The van der Waals surface area contributed by atoms with E-state index in [1.165, 1.54) is 12.3 Å². The number of carbonyl (C=O) groups is 1. The molecule has 2 aromatic carbocycles. The van der Waals surface area contributed by atoms with Crippen LogP contribution >= 0.6 is 0 Å². The highest BCUT2D eigenvalue weighted by molar-refractivity contribution is 5.76.